The van der Waals surface area contributed by atoms with Gasteiger partial charge in [-0.25, -0.2) is 4.98 Å². The van der Waals surface area contributed by atoms with E-state index in [-0.39, 0.29) is 6.04 Å². The maximum Gasteiger partial charge on any atom is 0.147 e. The zero-order valence-corrected chi connectivity index (χ0v) is 13.5. The van der Waals surface area contributed by atoms with Gasteiger partial charge in [-0.15, -0.1) is 11.6 Å². The third kappa shape index (κ3) is 3.20. The number of halogens is 3. The number of alkyl halides is 1. The van der Waals surface area contributed by atoms with Gasteiger partial charge in [0.25, 0.3) is 0 Å². The number of nitrogens with zero attached hydrogens (tertiary/aromatic N) is 2. The van der Waals surface area contributed by atoms with Crippen molar-refractivity contribution in [2.45, 2.75) is 18.8 Å². The molecule has 0 fully saturated rings. The lowest BCUT2D eigenvalue weighted by Crippen LogP contribution is -2.23. The van der Waals surface area contributed by atoms with Crippen LogP contribution in [0.15, 0.2) is 36.5 Å². The van der Waals surface area contributed by atoms with E-state index in [1.807, 2.05) is 42.3 Å². The Labute approximate surface area is 134 Å². The van der Waals surface area contributed by atoms with E-state index in [9.17, 15) is 0 Å². The Balaban J connectivity index is 2.31. The average Bonchev–Trinajstić information content (AvgIpc) is 2.46. The molecule has 0 saturated heterocycles. The quantitative estimate of drug-likeness (QED) is 0.705. The minimum atomic E-state index is 0.0653. The van der Waals surface area contributed by atoms with E-state index >= 15 is 0 Å². The van der Waals surface area contributed by atoms with Crippen LogP contribution in [0, 0.1) is 0 Å². The monoisotopic (exact) mass is 328 g/mol. The van der Waals surface area contributed by atoms with Crippen molar-refractivity contribution in [3.8, 4) is 0 Å². The number of anilines is 1. The van der Waals surface area contributed by atoms with Crippen molar-refractivity contribution in [1.82, 2.24) is 4.98 Å². The first kappa shape index (κ1) is 15.4. The van der Waals surface area contributed by atoms with Gasteiger partial charge >= 0.3 is 0 Å². The normalized spacial score (nSPS) is 12.2. The van der Waals surface area contributed by atoms with Crippen molar-refractivity contribution in [3.63, 3.8) is 0 Å². The molecule has 20 heavy (non-hydrogen) atoms. The highest BCUT2D eigenvalue weighted by Crippen LogP contribution is 2.32. The molecule has 0 amide bonds. The van der Waals surface area contributed by atoms with Crippen molar-refractivity contribution in [1.29, 1.82) is 0 Å². The molecule has 2 nitrogen and oxygen atoms in total. The predicted molar refractivity (Wildman–Crippen MR) is 87.1 cm³/mol. The Bertz CT molecular complexity index is 601. The smallest absolute Gasteiger partial charge is 0.147 e. The summed E-state index contributed by atoms with van der Waals surface area (Å²) in [4.78, 5) is 6.39. The average molecular weight is 330 g/mol. The van der Waals surface area contributed by atoms with Crippen molar-refractivity contribution in [3.05, 3.63) is 57.7 Å². The van der Waals surface area contributed by atoms with Gasteiger partial charge in [0.2, 0.25) is 0 Å². The third-order valence-corrected chi connectivity index (χ3v) is 4.23. The molecule has 2 aromatic rings. The van der Waals surface area contributed by atoms with Crippen molar-refractivity contribution >= 4 is 40.6 Å². The van der Waals surface area contributed by atoms with Crippen LogP contribution >= 0.6 is 34.8 Å². The molecule has 0 radical (unpaired) electrons. The first-order chi connectivity index (χ1) is 9.54. The zero-order chi connectivity index (χ0) is 14.7. The minimum Gasteiger partial charge on any atom is -0.352 e. The van der Waals surface area contributed by atoms with Gasteiger partial charge in [-0.3, -0.25) is 0 Å². The second kappa shape index (κ2) is 6.66. The zero-order valence-electron chi connectivity index (χ0n) is 11.3. The van der Waals surface area contributed by atoms with Crippen LogP contribution < -0.4 is 4.90 Å². The molecule has 0 N–H and O–H groups in total. The Morgan fingerprint density at radius 2 is 1.90 bits per heavy atom. The van der Waals surface area contributed by atoms with Gasteiger partial charge in [-0.05, 0) is 30.2 Å². The van der Waals surface area contributed by atoms with Crippen LogP contribution in [0.5, 0.6) is 0 Å². The highest BCUT2D eigenvalue weighted by atomic mass is 35.5. The van der Waals surface area contributed by atoms with Gasteiger partial charge < -0.3 is 4.90 Å². The maximum absolute atomic E-state index is 6.28. The minimum absolute atomic E-state index is 0.0653. The summed E-state index contributed by atoms with van der Waals surface area (Å²) in [6, 6.07) is 9.68. The summed E-state index contributed by atoms with van der Waals surface area (Å²) in [7, 11) is 1.95. The van der Waals surface area contributed by atoms with Crippen LogP contribution in [0.25, 0.3) is 0 Å². The van der Waals surface area contributed by atoms with Crippen LogP contribution in [0.1, 0.15) is 24.1 Å². The summed E-state index contributed by atoms with van der Waals surface area (Å²) in [6.45, 7) is 2.06. The molecule has 0 aliphatic carbocycles. The molecule has 2 rings (SSSR count). The lowest BCUT2D eigenvalue weighted by atomic mass is 10.1. The molecular formula is C15H15Cl3N2. The van der Waals surface area contributed by atoms with Gasteiger partial charge in [0.1, 0.15) is 5.82 Å². The van der Waals surface area contributed by atoms with E-state index < -0.39 is 0 Å². The SMILES string of the molecule is CC(c1ccccc1Cl)N(C)c1ncc(CCl)cc1Cl. The molecule has 0 spiro atoms. The number of hydrogen-bond acceptors (Lipinski definition) is 2. The first-order valence-corrected chi connectivity index (χ1v) is 7.51. The van der Waals surface area contributed by atoms with Crippen molar-refractivity contribution in [2.24, 2.45) is 0 Å². The molecule has 1 aromatic carbocycles. The van der Waals surface area contributed by atoms with E-state index in [1.165, 1.54) is 0 Å². The Kier molecular flexibility index (Phi) is 5.14. The number of aromatic nitrogens is 1. The first-order valence-electron chi connectivity index (χ1n) is 6.22. The number of rotatable bonds is 4. The fraction of sp³-hybridized carbons (Fsp3) is 0.267. The lowest BCUT2D eigenvalue weighted by Gasteiger charge is -2.27. The third-order valence-electron chi connectivity index (χ3n) is 3.30. The number of pyridine rings is 1. The molecule has 1 atom stereocenters. The summed E-state index contributed by atoms with van der Waals surface area (Å²) in [5.74, 6) is 1.12. The second-order valence-corrected chi connectivity index (χ2v) is 5.67. The maximum atomic E-state index is 6.28. The predicted octanol–water partition coefficient (Wildman–Crippen LogP) is 5.32. The molecule has 0 saturated carbocycles. The Morgan fingerprint density at radius 1 is 1.20 bits per heavy atom. The van der Waals surface area contributed by atoms with Gasteiger partial charge in [0, 0.05) is 24.1 Å². The van der Waals surface area contributed by atoms with E-state index in [2.05, 4.69) is 11.9 Å². The van der Waals surface area contributed by atoms with Crippen LogP contribution in [0.4, 0.5) is 5.82 Å². The molecule has 1 heterocycles. The molecule has 1 unspecified atom stereocenters. The molecule has 5 heteroatoms. The number of hydrogen-bond donors (Lipinski definition) is 0. The van der Waals surface area contributed by atoms with Crippen molar-refractivity contribution < 1.29 is 0 Å². The molecular weight excluding hydrogens is 315 g/mol. The Hall–Kier alpha value is -0.960. The standard InChI is InChI=1S/C15H15Cl3N2/c1-10(12-5-3-4-6-13(12)17)20(2)15-14(18)7-11(8-16)9-19-15/h3-7,9-10H,8H2,1-2H3. The fourth-order valence-electron chi connectivity index (χ4n) is 2.01. The van der Waals surface area contributed by atoms with Crippen LogP contribution in [0.3, 0.4) is 0 Å². The van der Waals surface area contributed by atoms with Gasteiger partial charge in [0.15, 0.2) is 0 Å². The molecule has 1 aromatic heterocycles. The summed E-state index contributed by atoms with van der Waals surface area (Å²) in [5.41, 5.74) is 1.94. The van der Waals surface area contributed by atoms with Crippen molar-refractivity contribution in [2.75, 3.05) is 11.9 Å². The van der Waals surface area contributed by atoms with Crippen LogP contribution in [-0.4, -0.2) is 12.0 Å². The Morgan fingerprint density at radius 3 is 2.50 bits per heavy atom. The highest BCUT2D eigenvalue weighted by molar-refractivity contribution is 6.33. The van der Waals surface area contributed by atoms with E-state index in [1.54, 1.807) is 6.20 Å². The summed E-state index contributed by atoms with van der Waals surface area (Å²) < 4.78 is 0. The van der Waals surface area contributed by atoms with E-state index in [0.29, 0.717) is 16.7 Å². The van der Waals surface area contributed by atoms with Gasteiger partial charge in [-0.2, -0.15) is 0 Å². The van der Waals surface area contributed by atoms with Gasteiger partial charge in [-0.1, -0.05) is 41.4 Å². The largest absolute Gasteiger partial charge is 0.352 e. The molecule has 0 aliphatic rings. The van der Waals surface area contributed by atoms with Gasteiger partial charge in [0.05, 0.1) is 11.1 Å². The topological polar surface area (TPSA) is 16.1 Å². The summed E-state index contributed by atoms with van der Waals surface area (Å²) >= 11 is 18.3. The van der Waals surface area contributed by atoms with Crippen LogP contribution in [-0.2, 0) is 5.88 Å². The molecule has 0 aliphatic heterocycles. The second-order valence-electron chi connectivity index (χ2n) is 4.59. The molecule has 0 bridgehead atoms. The summed E-state index contributed by atoms with van der Waals surface area (Å²) in [5, 5.41) is 1.32. The van der Waals surface area contributed by atoms with E-state index in [4.69, 9.17) is 34.8 Å². The molecule has 106 valence electrons. The van der Waals surface area contributed by atoms with E-state index in [0.717, 1.165) is 16.1 Å². The van der Waals surface area contributed by atoms with Crippen LogP contribution in [0.2, 0.25) is 10.0 Å². The summed E-state index contributed by atoms with van der Waals surface area (Å²) in [6.07, 6.45) is 1.74. The highest BCUT2D eigenvalue weighted by Gasteiger charge is 2.18. The lowest BCUT2D eigenvalue weighted by molar-refractivity contribution is 0.729. The fourth-order valence-corrected chi connectivity index (χ4v) is 2.77. The number of benzene rings is 1.